The standard InChI is InChI=1S/C24H18F6N2O2.2C2H4O2.Co/c1-13-6-17(23(25,26)27)8-15(21(13)33)11-31-19-4-3-5-20(10-19)32-12-16-9-18(24(28,29)30)7-14(2)22(16)34;2*1-2(3)4;/h3-12,33-34H,1-2H3;2*1H3,(H,3,4);/q;;;+2/p-2. The molecule has 0 atom stereocenters. The van der Waals surface area contributed by atoms with Crippen molar-refractivity contribution >= 4 is 35.7 Å². The van der Waals surface area contributed by atoms with Gasteiger partial charge in [0.05, 0.1) is 22.5 Å². The van der Waals surface area contributed by atoms with E-state index in [1.165, 1.54) is 38.1 Å². The summed E-state index contributed by atoms with van der Waals surface area (Å²) in [4.78, 5) is 25.9. The number of carbonyl (C=O) groups is 2. The number of nitrogens with zero attached hydrogens (tertiary/aromatic N) is 2. The SMILES string of the molecule is CC(=O)[O-].CC(=O)[O-].Cc1cc(C(F)(F)F)cc(C=Nc2cccc(N=Cc3cc(C(F)(F)F)cc(C)c3O)c2)c1O.[Co+2]. The second kappa shape index (κ2) is 16.3. The first-order valence-corrected chi connectivity index (χ1v) is 11.6. The third kappa shape index (κ3) is 13.4. The third-order valence-electron chi connectivity index (χ3n) is 4.85. The number of aliphatic imine (C=N–C) groups is 2. The first kappa shape index (κ1) is 38.6. The Balaban J connectivity index is 0.00000174. The average Bonchev–Trinajstić information content (AvgIpc) is 2.84. The quantitative estimate of drug-likeness (QED) is 0.306. The minimum atomic E-state index is -4.59. The Hall–Kier alpha value is -4.37. The van der Waals surface area contributed by atoms with Gasteiger partial charge in [0.25, 0.3) is 0 Å². The van der Waals surface area contributed by atoms with Crippen LogP contribution in [-0.4, -0.2) is 34.6 Å². The number of alkyl halides is 6. The van der Waals surface area contributed by atoms with Crippen LogP contribution in [0.3, 0.4) is 0 Å². The summed E-state index contributed by atoms with van der Waals surface area (Å²) in [5.74, 6) is -2.86. The molecule has 0 aliphatic heterocycles. The van der Waals surface area contributed by atoms with Crippen molar-refractivity contribution in [2.24, 2.45) is 9.98 Å². The topological polar surface area (TPSA) is 145 Å². The Kier molecular flexibility index (Phi) is 14.7. The van der Waals surface area contributed by atoms with Gasteiger partial charge in [0.1, 0.15) is 11.5 Å². The summed E-state index contributed by atoms with van der Waals surface area (Å²) in [6.45, 7) is 4.62. The first-order valence-electron chi connectivity index (χ1n) is 11.6. The predicted octanol–water partition coefficient (Wildman–Crippen LogP) is 4.76. The van der Waals surface area contributed by atoms with E-state index in [2.05, 4.69) is 9.98 Å². The number of benzene rings is 3. The zero-order valence-electron chi connectivity index (χ0n) is 22.8. The van der Waals surface area contributed by atoms with Gasteiger partial charge in [-0.25, -0.2) is 0 Å². The van der Waals surface area contributed by atoms with Crippen molar-refractivity contribution in [1.82, 2.24) is 0 Å². The summed E-state index contributed by atoms with van der Waals surface area (Å²) in [5.41, 5.74) is -1.52. The Morgan fingerprint density at radius 2 is 1.00 bits per heavy atom. The van der Waals surface area contributed by atoms with Gasteiger partial charge in [-0.3, -0.25) is 9.98 Å². The fraction of sp³-hybridized carbons (Fsp3) is 0.214. The van der Waals surface area contributed by atoms with Gasteiger partial charge in [-0.1, -0.05) is 6.07 Å². The van der Waals surface area contributed by atoms with E-state index >= 15 is 0 Å². The fourth-order valence-electron chi connectivity index (χ4n) is 3.08. The van der Waals surface area contributed by atoms with Crippen LogP contribution in [0.25, 0.3) is 0 Å². The van der Waals surface area contributed by atoms with E-state index < -0.39 is 35.4 Å². The van der Waals surface area contributed by atoms with E-state index in [0.29, 0.717) is 0 Å². The maximum absolute atomic E-state index is 13.0. The second-order valence-electron chi connectivity index (χ2n) is 8.48. The van der Waals surface area contributed by atoms with Crippen LogP contribution in [0.2, 0.25) is 0 Å². The summed E-state index contributed by atoms with van der Waals surface area (Å²) < 4.78 is 78.3. The van der Waals surface area contributed by atoms with Crippen LogP contribution in [0.1, 0.15) is 47.2 Å². The number of aromatic hydroxyl groups is 2. The Morgan fingerprint density at radius 1 is 0.698 bits per heavy atom. The molecule has 8 nitrogen and oxygen atoms in total. The monoisotopic (exact) mass is 657 g/mol. The first-order chi connectivity index (χ1) is 19.2. The van der Waals surface area contributed by atoms with Crippen LogP contribution in [0.5, 0.6) is 11.5 Å². The molecule has 233 valence electrons. The van der Waals surface area contributed by atoms with Gasteiger partial charge < -0.3 is 30.0 Å². The van der Waals surface area contributed by atoms with E-state index in [1.807, 2.05) is 0 Å². The number of carboxylic acid groups (broad SMARTS) is 2. The molecule has 0 aromatic heterocycles. The maximum atomic E-state index is 13.0. The zero-order valence-corrected chi connectivity index (χ0v) is 23.8. The van der Waals surface area contributed by atoms with E-state index in [-0.39, 0.29) is 61.9 Å². The molecule has 0 heterocycles. The molecule has 0 bridgehead atoms. The van der Waals surface area contributed by atoms with Gasteiger partial charge in [-0.05, 0) is 81.3 Å². The Bertz CT molecular complexity index is 1370. The minimum Gasteiger partial charge on any atom is -0.550 e. The average molecular weight is 657 g/mol. The summed E-state index contributed by atoms with van der Waals surface area (Å²) in [5, 5.41) is 37.9. The van der Waals surface area contributed by atoms with Gasteiger partial charge in [0, 0.05) is 35.5 Å². The largest absolute Gasteiger partial charge is 2.00 e. The van der Waals surface area contributed by atoms with Crippen LogP contribution in [-0.2, 0) is 38.7 Å². The number of rotatable bonds is 4. The van der Waals surface area contributed by atoms with Crippen LogP contribution in [0, 0.1) is 13.8 Å². The van der Waals surface area contributed by atoms with Gasteiger partial charge in [0.15, 0.2) is 0 Å². The van der Waals surface area contributed by atoms with Gasteiger partial charge in [-0.2, -0.15) is 26.3 Å². The number of halogens is 6. The van der Waals surface area contributed by atoms with E-state index in [9.17, 15) is 36.6 Å². The van der Waals surface area contributed by atoms with Crippen LogP contribution < -0.4 is 10.2 Å². The molecule has 3 aromatic rings. The molecule has 3 rings (SSSR count). The van der Waals surface area contributed by atoms with Crippen molar-refractivity contribution < 1.29 is 73.1 Å². The number of carbonyl (C=O) groups excluding carboxylic acids is 2. The number of phenolic OH excluding ortho intramolecular Hbond substituents is 2. The molecule has 2 N–H and O–H groups in total. The molecular weight excluding hydrogens is 633 g/mol. The molecule has 3 aromatic carbocycles. The van der Waals surface area contributed by atoms with Crippen molar-refractivity contribution in [2.45, 2.75) is 40.0 Å². The van der Waals surface area contributed by atoms with Crippen molar-refractivity contribution in [3.63, 3.8) is 0 Å². The van der Waals surface area contributed by atoms with Gasteiger partial charge in [-0.15, -0.1) is 0 Å². The Labute approximate surface area is 252 Å². The molecule has 0 spiro atoms. The maximum Gasteiger partial charge on any atom is 2.00 e. The molecule has 0 unspecified atom stereocenters. The molecule has 0 saturated heterocycles. The summed E-state index contributed by atoms with van der Waals surface area (Å²) in [6.07, 6.45) is -7.04. The number of aryl methyl sites for hydroxylation is 2. The number of phenols is 2. The summed E-state index contributed by atoms with van der Waals surface area (Å²) >= 11 is 0. The van der Waals surface area contributed by atoms with Crippen LogP contribution in [0.15, 0.2) is 58.5 Å². The van der Waals surface area contributed by atoms with Gasteiger partial charge in [0.2, 0.25) is 0 Å². The van der Waals surface area contributed by atoms with Crippen molar-refractivity contribution in [1.29, 1.82) is 0 Å². The van der Waals surface area contributed by atoms with E-state index in [0.717, 1.165) is 50.5 Å². The minimum absolute atomic E-state index is 0. The van der Waals surface area contributed by atoms with E-state index in [4.69, 9.17) is 19.8 Å². The summed E-state index contributed by atoms with van der Waals surface area (Å²) in [6, 6.07) is 9.22. The molecule has 0 aliphatic rings. The zero-order chi connectivity index (χ0) is 32.4. The Morgan fingerprint density at radius 3 is 1.28 bits per heavy atom. The van der Waals surface area contributed by atoms with Crippen LogP contribution >= 0.6 is 0 Å². The third-order valence-corrected chi connectivity index (χ3v) is 4.85. The molecular formula is C28H24CoF6N2O6. The predicted molar refractivity (Wildman–Crippen MR) is 138 cm³/mol. The van der Waals surface area contributed by atoms with Crippen molar-refractivity contribution in [3.8, 4) is 11.5 Å². The fourth-order valence-corrected chi connectivity index (χ4v) is 3.08. The summed E-state index contributed by atoms with van der Waals surface area (Å²) in [7, 11) is 0. The second-order valence-corrected chi connectivity index (χ2v) is 8.48. The number of carboxylic acids is 2. The molecule has 0 saturated carbocycles. The van der Waals surface area contributed by atoms with Crippen LogP contribution in [0.4, 0.5) is 37.7 Å². The number of hydrogen-bond acceptors (Lipinski definition) is 8. The molecule has 43 heavy (non-hydrogen) atoms. The normalized spacial score (nSPS) is 11.2. The van der Waals surface area contributed by atoms with Gasteiger partial charge >= 0.3 is 29.1 Å². The molecule has 0 fully saturated rings. The number of aliphatic carboxylic acids is 2. The smallest absolute Gasteiger partial charge is 0.550 e. The molecule has 0 amide bonds. The molecule has 0 aliphatic carbocycles. The van der Waals surface area contributed by atoms with Crippen molar-refractivity contribution in [2.75, 3.05) is 0 Å². The molecule has 15 heteroatoms. The van der Waals surface area contributed by atoms with Crippen molar-refractivity contribution in [3.05, 3.63) is 81.9 Å². The number of hydrogen-bond donors (Lipinski definition) is 2. The molecule has 1 radical (unpaired) electrons. The van der Waals surface area contributed by atoms with E-state index in [1.54, 1.807) is 0 Å².